The summed E-state index contributed by atoms with van der Waals surface area (Å²) in [6.07, 6.45) is 1.05. The molecule has 1 aliphatic heterocycles. The van der Waals surface area contributed by atoms with Gasteiger partial charge in [0.05, 0.1) is 34.0 Å². The highest BCUT2D eigenvalue weighted by Crippen LogP contribution is 2.56. The maximum Gasteiger partial charge on any atom is 0.231 e. The van der Waals surface area contributed by atoms with E-state index in [0.29, 0.717) is 47.3 Å². The lowest BCUT2D eigenvalue weighted by Crippen LogP contribution is -2.37. The zero-order chi connectivity index (χ0) is 21.6. The Kier molecular flexibility index (Phi) is 5.10. The third-order valence-electron chi connectivity index (χ3n) is 6.20. The lowest BCUT2D eigenvalue weighted by atomic mass is 9.75. The highest BCUT2D eigenvalue weighted by atomic mass is 16.7. The number of hydrogen-bond acceptors (Lipinski definition) is 7. The van der Waals surface area contributed by atoms with Gasteiger partial charge in [-0.3, -0.25) is 0 Å². The van der Waals surface area contributed by atoms with Gasteiger partial charge in [-0.25, -0.2) is 0 Å². The van der Waals surface area contributed by atoms with Gasteiger partial charge in [-0.1, -0.05) is 6.92 Å². The fraction of sp³-hybridized carbons (Fsp3) is 0.478. The number of rotatable bonds is 4. The SMILES string of the molecule is COc1cc2c(c(OC)c1OC)-c1c(cc3c(c1OC)OCO3)CC(C)[C@@](C)(O)C2. The Labute approximate surface area is 176 Å². The van der Waals surface area contributed by atoms with Crippen LogP contribution < -0.4 is 28.4 Å². The van der Waals surface area contributed by atoms with E-state index in [-0.39, 0.29) is 12.7 Å². The molecule has 0 bridgehead atoms. The van der Waals surface area contributed by atoms with Gasteiger partial charge < -0.3 is 33.5 Å². The molecule has 4 rings (SSSR count). The molecule has 2 atom stereocenters. The zero-order valence-electron chi connectivity index (χ0n) is 18.3. The molecular formula is C23H28O7. The summed E-state index contributed by atoms with van der Waals surface area (Å²) in [4.78, 5) is 0. The zero-order valence-corrected chi connectivity index (χ0v) is 18.3. The molecule has 2 aromatic rings. The second kappa shape index (κ2) is 7.47. The van der Waals surface area contributed by atoms with Crippen LogP contribution in [0.4, 0.5) is 0 Å². The topological polar surface area (TPSA) is 75.6 Å². The van der Waals surface area contributed by atoms with Crippen molar-refractivity contribution >= 4 is 0 Å². The van der Waals surface area contributed by atoms with E-state index in [9.17, 15) is 5.11 Å². The maximum absolute atomic E-state index is 11.3. The van der Waals surface area contributed by atoms with Crippen LogP contribution in [0.25, 0.3) is 11.1 Å². The lowest BCUT2D eigenvalue weighted by molar-refractivity contribution is 0.00629. The van der Waals surface area contributed by atoms with E-state index in [2.05, 4.69) is 0 Å². The molecule has 1 unspecified atom stereocenters. The van der Waals surface area contributed by atoms with Gasteiger partial charge in [-0.15, -0.1) is 0 Å². The van der Waals surface area contributed by atoms with Crippen LogP contribution in [0.1, 0.15) is 25.0 Å². The van der Waals surface area contributed by atoms with E-state index in [1.807, 2.05) is 26.0 Å². The van der Waals surface area contributed by atoms with Crippen LogP contribution in [-0.4, -0.2) is 45.9 Å². The summed E-state index contributed by atoms with van der Waals surface area (Å²) >= 11 is 0. The molecule has 1 heterocycles. The van der Waals surface area contributed by atoms with E-state index in [1.54, 1.807) is 28.4 Å². The summed E-state index contributed by atoms with van der Waals surface area (Å²) in [5.74, 6) is 3.32. The predicted octanol–water partition coefficient (Wildman–Crippen LogP) is 3.60. The molecule has 0 saturated carbocycles. The average molecular weight is 416 g/mol. The molecule has 1 aliphatic carbocycles. The van der Waals surface area contributed by atoms with Crippen LogP contribution in [0.5, 0.6) is 34.5 Å². The van der Waals surface area contributed by atoms with Gasteiger partial charge in [0.25, 0.3) is 0 Å². The fourth-order valence-corrected chi connectivity index (χ4v) is 4.42. The van der Waals surface area contributed by atoms with Crippen LogP contribution >= 0.6 is 0 Å². The van der Waals surface area contributed by atoms with Gasteiger partial charge in [-0.2, -0.15) is 0 Å². The summed E-state index contributed by atoms with van der Waals surface area (Å²) in [5.41, 5.74) is 2.57. The summed E-state index contributed by atoms with van der Waals surface area (Å²) < 4.78 is 34.2. The van der Waals surface area contributed by atoms with Crippen molar-refractivity contribution in [1.82, 2.24) is 0 Å². The largest absolute Gasteiger partial charge is 0.493 e. The molecule has 0 spiro atoms. The van der Waals surface area contributed by atoms with E-state index >= 15 is 0 Å². The van der Waals surface area contributed by atoms with Crippen molar-refractivity contribution in [1.29, 1.82) is 0 Å². The van der Waals surface area contributed by atoms with E-state index in [0.717, 1.165) is 22.3 Å². The molecule has 2 aliphatic rings. The number of benzene rings is 2. The second-order valence-corrected chi connectivity index (χ2v) is 8.00. The first-order valence-electron chi connectivity index (χ1n) is 9.90. The number of fused-ring (bicyclic) bond motifs is 4. The Morgan fingerprint density at radius 3 is 2.20 bits per heavy atom. The summed E-state index contributed by atoms with van der Waals surface area (Å²) in [6.45, 7) is 4.04. The summed E-state index contributed by atoms with van der Waals surface area (Å²) in [5, 5.41) is 11.3. The standard InChI is InChI=1S/C23H28O7/c1-12-7-13-8-16-20(30-11-29-16)22(28-6)17(13)18-14(10-23(12,2)24)9-15(25-3)19(26-4)21(18)27-5/h8-9,12,24H,7,10-11H2,1-6H3/t12?,23-/m0/s1. The molecule has 2 aromatic carbocycles. The number of ether oxygens (including phenoxy) is 6. The van der Waals surface area contributed by atoms with Gasteiger partial charge in [-0.05, 0) is 42.5 Å². The molecule has 1 N–H and O–H groups in total. The quantitative estimate of drug-likeness (QED) is 0.816. The number of aliphatic hydroxyl groups is 1. The van der Waals surface area contributed by atoms with Gasteiger partial charge in [0.15, 0.2) is 23.0 Å². The van der Waals surface area contributed by atoms with Gasteiger partial charge in [0.2, 0.25) is 18.3 Å². The highest BCUT2D eigenvalue weighted by Gasteiger charge is 2.38. The first-order chi connectivity index (χ1) is 14.4. The Balaban J connectivity index is 2.14. The molecule has 0 amide bonds. The Bertz CT molecular complexity index is 980. The van der Waals surface area contributed by atoms with E-state index in [4.69, 9.17) is 28.4 Å². The summed E-state index contributed by atoms with van der Waals surface area (Å²) in [6, 6.07) is 3.87. The molecule has 7 heteroatoms. The van der Waals surface area contributed by atoms with Crippen molar-refractivity contribution in [2.24, 2.45) is 5.92 Å². The van der Waals surface area contributed by atoms with Gasteiger partial charge in [0, 0.05) is 17.5 Å². The Morgan fingerprint density at radius 1 is 0.900 bits per heavy atom. The average Bonchev–Trinajstić information content (AvgIpc) is 3.19. The van der Waals surface area contributed by atoms with Gasteiger partial charge in [0.1, 0.15) is 0 Å². The minimum atomic E-state index is -0.944. The number of hydrogen-bond donors (Lipinski definition) is 1. The maximum atomic E-state index is 11.3. The third kappa shape index (κ3) is 2.99. The predicted molar refractivity (Wildman–Crippen MR) is 111 cm³/mol. The lowest BCUT2D eigenvalue weighted by Gasteiger charge is -2.35. The Hall–Kier alpha value is -2.80. The second-order valence-electron chi connectivity index (χ2n) is 8.00. The number of methoxy groups -OCH3 is 4. The Morgan fingerprint density at radius 2 is 1.57 bits per heavy atom. The minimum absolute atomic E-state index is 0.0198. The van der Waals surface area contributed by atoms with Crippen molar-refractivity contribution in [3.05, 3.63) is 23.3 Å². The third-order valence-corrected chi connectivity index (χ3v) is 6.20. The minimum Gasteiger partial charge on any atom is -0.493 e. The molecule has 162 valence electrons. The van der Waals surface area contributed by atoms with Crippen molar-refractivity contribution in [3.63, 3.8) is 0 Å². The van der Waals surface area contributed by atoms with E-state index < -0.39 is 5.60 Å². The van der Waals surface area contributed by atoms with Crippen molar-refractivity contribution in [2.75, 3.05) is 35.2 Å². The van der Waals surface area contributed by atoms with Crippen LogP contribution in [0.15, 0.2) is 12.1 Å². The molecule has 0 aromatic heterocycles. The van der Waals surface area contributed by atoms with Crippen molar-refractivity contribution in [3.8, 4) is 45.6 Å². The molecule has 7 nitrogen and oxygen atoms in total. The normalized spacial score (nSPS) is 21.8. The monoisotopic (exact) mass is 416 g/mol. The molecule has 30 heavy (non-hydrogen) atoms. The molecule has 0 saturated heterocycles. The molecule has 0 fully saturated rings. The first-order valence-corrected chi connectivity index (χ1v) is 9.90. The van der Waals surface area contributed by atoms with Crippen LogP contribution in [-0.2, 0) is 12.8 Å². The van der Waals surface area contributed by atoms with Crippen LogP contribution in [0, 0.1) is 5.92 Å². The molecular weight excluding hydrogens is 388 g/mol. The smallest absolute Gasteiger partial charge is 0.231 e. The van der Waals surface area contributed by atoms with Crippen molar-refractivity contribution < 1.29 is 33.5 Å². The summed E-state index contributed by atoms with van der Waals surface area (Å²) in [7, 11) is 6.37. The first kappa shape index (κ1) is 20.5. The van der Waals surface area contributed by atoms with Crippen molar-refractivity contribution in [2.45, 2.75) is 32.3 Å². The van der Waals surface area contributed by atoms with E-state index in [1.165, 1.54) is 0 Å². The highest BCUT2D eigenvalue weighted by molar-refractivity contribution is 5.88. The van der Waals surface area contributed by atoms with Crippen LogP contribution in [0.2, 0.25) is 0 Å². The van der Waals surface area contributed by atoms with Crippen LogP contribution in [0.3, 0.4) is 0 Å². The molecule has 0 radical (unpaired) electrons. The fourth-order valence-electron chi connectivity index (χ4n) is 4.42. The van der Waals surface area contributed by atoms with Gasteiger partial charge >= 0.3 is 0 Å².